The Morgan fingerprint density at radius 1 is 1.50 bits per heavy atom. The molecule has 0 aromatic carbocycles. The lowest BCUT2D eigenvalue weighted by Crippen LogP contribution is -2.36. The van der Waals surface area contributed by atoms with Crippen molar-refractivity contribution in [3.05, 3.63) is 15.9 Å². The number of rotatable bonds is 4. The molecule has 2 rings (SSSR count). The summed E-state index contributed by atoms with van der Waals surface area (Å²) in [5.41, 5.74) is 0. The molecule has 1 saturated heterocycles. The van der Waals surface area contributed by atoms with Gasteiger partial charge in [0.05, 0.1) is 8.79 Å². The van der Waals surface area contributed by atoms with Crippen LogP contribution < -0.4 is 10.2 Å². The van der Waals surface area contributed by atoms with Crippen LogP contribution in [0.1, 0.15) is 25.7 Å². The number of nitrogens with zero attached hydrogens (tertiary/aromatic N) is 1. The predicted octanol–water partition coefficient (Wildman–Crippen LogP) is 3.48. The molecular formula is C12H19BrN2S. The standard InChI is InChI=1S/C12H19BrN2S/c1-15(12-6-5-11(13)16-12)9-7-10-4-2-3-8-14-10/h5-6,10,14H,2-4,7-9H2,1H3. The molecule has 0 aliphatic carbocycles. The topological polar surface area (TPSA) is 15.3 Å². The lowest BCUT2D eigenvalue weighted by molar-refractivity contribution is 0.385. The van der Waals surface area contributed by atoms with E-state index < -0.39 is 0 Å². The Morgan fingerprint density at radius 3 is 3.00 bits per heavy atom. The second-order valence-corrected chi connectivity index (χ2v) is 6.88. The third-order valence-electron chi connectivity index (χ3n) is 3.16. The van der Waals surface area contributed by atoms with Crippen molar-refractivity contribution in [2.24, 2.45) is 0 Å². The molecule has 2 nitrogen and oxygen atoms in total. The first-order chi connectivity index (χ1) is 7.75. The second-order valence-electron chi connectivity index (χ2n) is 4.43. The van der Waals surface area contributed by atoms with E-state index in [1.54, 1.807) is 11.3 Å². The molecule has 1 aromatic rings. The van der Waals surface area contributed by atoms with Gasteiger partial charge in [0, 0.05) is 19.6 Å². The quantitative estimate of drug-likeness (QED) is 0.916. The number of piperidine rings is 1. The van der Waals surface area contributed by atoms with Crippen molar-refractivity contribution in [2.75, 3.05) is 25.0 Å². The summed E-state index contributed by atoms with van der Waals surface area (Å²) < 4.78 is 1.21. The van der Waals surface area contributed by atoms with E-state index in [0.717, 1.165) is 12.6 Å². The number of halogens is 1. The summed E-state index contributed by atoms with van der Waals surface area (Å²) in [5, 5.41) is 4.95. The normalized spacial score (nSPS) is 21.0. The summed E-state index contributed by atoms with van der Waals surface area (Å²) in [4.78, 5) is 2.35. The van der Waals surface area contributed by atoms with E-state index in [1.807, 2.05) is 0 Å². The highest BCUT2D eigenvalue weighted by molar-refractivity contribution is 9.11. The highest BCUT2D eigenvalue weighted by atomic mass is 79.9. The van der Waals surface area contributed by atoms with E-state index in [-0.39, 0.29) is 0 Å². The van der Waals surface area contributed by atoms with Gasteiger partial charge in [0.2, 0.25) is 0 Å². The van der Waals surface area contributed by atoms with Crippen LogP contribution in [0.2, 0.25) is 0 Å². The molecular weight excluding hydrogens is 284 g/mol. The van der Waals surface area contributed by atoms with Crippen molar-refractivity contribution in [2.45, 2.75) is 31.7 Å². The van der Waals surface area contributed by atoms with E-state index in [0.29, 0.717) is 0 Å². The Balaban J connectivity index is 1.76. The molecule has 0 spiro atoms. The molecule has 1 fully saturated rings. The minimum Gasteiger partial charge on any atom is -0.366 e. The summed E-state index contributed by atoms with van der Waals surface area (Å²) in [6, 6.07) is 5.04. The number of anilines is 1. The largest absolute Gasteiger partial charge is 0.366 e. The van der Waals surface area contributed by atoms with E-state index >= 15 is 0 Å². The van der Waals surface area contributed by atoms with Crippen molar-refractivity contribution >= 4 is 32.3 Å². The Hall–Kier alpha value is -0.0600. The second kappa shape index (κ2) is 6.03. The molecule has 1 atom stereocenters. The minimum absolute atomic E-state index is 0.736. The van der Waals surface area contributed by atoms with Gasteiger partial charge in [0.1, 0.15) is 0 Å². The van der Waals surface area contributed by atoms with Gasteiger partial charge >= 0.3 is 0 Å². The summed E-state index contributed by atoms with van der Waals surface area (Å²) in [5.74, 6) is 0. The fraction of sp³-hybridized carbons (Fsp3) is 0.667. The number of hydrogen-bond acceptors (Lipinski definition) is 3. The monoisotopic (exact) mass is 302 g/mol. The van der Waals surface area contributed by atoms with Gasteiger partial charge in [-0.25, -0.2) is 0 Å². The molecule has 2 heterocycles. The molecule has 0 radical (unpaired) electrons. The molecule has 0 saturated carbocycles. The fourth-order valence-electron chi connectivity index (χ4n) is 2.14. The molecule has 0 amide bonds. The van der Waals surface area contributed by atoms with E-state index in [2.05, 4.69) is 45.3 Å². The summed E-state index contributed by atoms with van der Waals surface area (Å²) in [6.07, 6.45) is 5.35. The fourth-order valence-corrected chi connectivity index (χ4v) is 3.49. The van der Waals surface area contributed by atoms with Crippen LogP contribution in [-0.2, 0) is 0 Å². The van der Waals surface area contributed by atoms with E-state index in [4.69, 9.17) is 0 Å². The molecule has 1 unspecified atom stereocenters. The summed E-state index contributed by atoms with van der Waals surface area (Å²) in [6.45, 7) is 2.35. The Kier molecular flexibility index (Phi) is 4.67. The minimum atomic E-state index is 0.736. The van der Waals surface area contributed by atoms with Crippen LogP contribution in [-0.4, -0.2) is 26.2 Å². The predicted molar refractivity (Wildman–Crippen MR) is 75.5 cm³/mol. The average Bonchev–Trinajstić information content (AvgIpc) is 2.74. The Morgan fingerprint density at radius 2 is 2.38 bits per heavy atom. The maximum Gasteiger partial charge on any atom is 0.0917 e. The molecule has 0 bridgehead atoms. The van der Waals surface area contributed by atoms with Gasteiger partial charge in [0.15, 0.2) is 0 Å². The lowest BCUT2D eigenvalue weighted by Gasteiger charge is -2.26. The van der Waals surface area contributed by atoms with E-state index in [1.165, 1.54) is 41.0 Å². The molecule has 4 heteroatoms. The molecule has 1 aliphatic heterocycles. The van der Waals surface area contributed by atoms with Crippen LogP contribution in [0.4, 0.5) is 5.00 Å². The molecule has 1 aliphatic rings. The zero-order chi connectivity index (χ0) is 11.4. The zero-order valence-corrected chi connectivity index (χ0v) is 12.1. The first-order valence-electron chi connectivity index (χ1n) is 5.95. The van der Waals surface area contributed by atoms with Crippen LogP contribution in [0, 0.1) is 0 Å². The molecule has 16 heavy (non-hydrogen) atoms. The average molecular weight is 303 g/mol. The molecule has 1 N–H and O–H groups in total. The van der Waals surface area contributed by atoms with Gasteiger partial charge in [-0.2, -0.15) is 0 Å². The Bertz CT molecular complexity index is 321. The van der Waals surface area contributed by atoms with Crippen molar-refractivity contribution < 1.29 is 0 Å². The maximum absolute atomic E-state index is 3.60. The third kappa shape index (κ3) is 3.47. The highest BCUT2D eigenvalue weighted by Crippen LogP contribution is 2.29. The smallest absolute Gasteiger partial charge is 0.0917 e. The van der Waals surface area contributed by atoms with Gasteiger partial charge in [-0.05, 0) is 53.9 Å². The summed E-state index contributed by atoms with van der Waals surface area (Å²) in [7, 11) is 2.18. The Labute approximate surface area is 110 Å². The number of nitrogens with one attached hydrogen (secondary N) is 1. The van der Waals surface area contributed by atoms with Crippen molar-refractivity contribution in [3.8, 4) is 0 Å². The summed E-state index contributed by atoms with van der Waals surface area (Å²) >= 11 is 5.31. The number of thiophene rings is 1. The van der Waals surface area contributed by atoms with Gasteiger partial charge in [0.25, 0.3) is 0 Å². The van der Waals surface area contributed by atoms with Gasteiger partial charge in [-0.15, -0.1) is 11.3 Å². The van der Waals surface area contributed by atoms with Crippen LogP contribution in [0.25, 0.3) is 0 Å². The van der Waals surface area contributed by atoms with Gasteiger partial charge in [-0.3, -0.25) is 0 Å². The molecule has 1 aromatic heterocycles. The van der Waals surface area contributed by atoms with Crippen molar-refractivity contribution in [3.63, 3.8) is 0 Å². The van der Waals surface area contributed by atoms with Crippen molar-refractivity contribution in [1.29, 1.82) is 0 Å². The first kappa shape index (κ1) is 12.4. The van der Waals surface area contributed by atoms with Gasteiger partial charge < -0.3 is 10.2 Å². The van der Waals surface area contributed by atoms with Crippen LogP contribution in [0.5, 0.6) is 0 Å². The highest BCUT2D eigenvalue weighted by Gasteiger charge is 2.13. The SMILES string of the molecule is CN(CCC1CCCCN1)c1ccc(Br)s1. The lowest BCUT2D eigenvalue weighted by atomic mass is 10.0. The molecule has 90 valence electrons. The van der Waals surface area contributed by atoms with Crippen LogP contribution in [0.15, 0.2) is 15.9 Å². The van der Waals surface area contributed by atoms with E-state index in [9.17, 15) is 0 Å². The van der Waals surface area contributed by atoms with Crippen LogP contribution >= 0.6 is 27.3 Å². The van der Waals surface area contributed by atoms with Crippen molar-refractivity contribution in [1.82, 2.24) is 5.32 Å². The third-order valence-corrected chi connectivity index (χ3v) is 4.90. The number of hydrogen-bond donors (Lipinski definition) is 1. The van der Waals surface area contributed by atoms with Crippen LogP contribution in [0.3, 0.4) is 0 Å². The van der Waals surface area contributed by atoms with Gasteiger partial charge in [-0.1, -0.05) is 6.42 Å². The first-order valence-corrected chi connectivity index (χ1v) is 7.56. The maximum atomic E-state index is 3.60. The zero-order valence-electron chi connectivity index (χ0n) is 9.71.